The second-order valence-electron chi connectivity index (χ2n) is 9.08. The lowest BCUT2D eigenvalue weighted by atomic mass is 9.97. The molecule has 3 heterocycles. The number of carbonyl (C=O) groups excluding carboxylic acids is 1. The van der Waals surface area contributed by atoms with Gasteiger partial charge in [0, 0.05) is 30.9 Å². The van der Waals surface area contributed by atoms with Crippen molar-refractivity contribution < 1.29 is 9.53 Å². The molecular formula is C24H32N6O2S. The number of nitrogens with one attached hydrogen (secondary N) is 2. The number of benzene rings is 1. The van der Waals surface area contributed by atoms with Crippen LogP contribution in [-0.4, -0.2) is 57.8 Å². The monoisotopic (exact) mass is 468 g/mol. The number of ether oxygens (including phenoxy) is 1. The zero-order chi connectivity index (χ0) is 23.4. The molecular weight excluding hydrogens is 436 g/mol. The topological polar surface area (TPSA) is 92.3 Å². The fourth-order valence-electron chi connectivity index (χ4n) is 4.06. The molecule has 0 bridgehead atoms. The lowest BCUT2D eigenvalue weighted by Crippen LogP contribution is -2.43. The van der Waals surface area contributed by atoms with E-state index in [0.29, 0.717) is 29.9 Å². The molecule has 2 N–H and O–H groups in total. The number of likely N-dealkylation sites (tertiary alicyclic amines) is 1. The summed E-state index contributed by atoms with van der Waals surface area (Å²) in [4.78, 5) is 19.9. The molecule has 9 heteroatoms. The van der Waals surface area contributed by atoms with Gasteiger partial charge in [-0.05, 0) is 71.2 Å². The predicted octanol–water partition coefficient (Wildman–Crippen LogP) is 4.47. The molecule has 3 aromatic rings. The van der Waals surface area contributed by atoms with Crippen molar-refractivity contribution in [2.75, 3.05) is 25.0 Å². The number of anilines is 2. The second kappa shape index (κ2) is 10.4. The molecule has 2 aromatic heterocycles. The molecule has 1 fully saturated rings. The highest BCUT2D eigenvalue weighted by Crippen LogP contribution is 2.26. The minimum Gasteiger partial charge on any atom is -0.473 e. The van der Waals surface area contributed by atoms with Crippen LogP contribution in [0.15, 0.2) is 29.8 Å². The molecule has 1 atom stereocenters. The number of hydrogen-bond acceptors (Lipinski definition) is 8. The number of piperidine rings is 1. The van der Waals surface area contributed by atoms with Gasteiger partial charge in [-0.25, -0.2) is 4.98 Å². The quantitative estimate of drug-likeness (QED) is 0.504. The van der Waals surface area contributed by atoms with Crippen molar-refractivity contribution >= 4 is 39.0 Å². The highest BCUT2D eigenvalue weighted by atomic mass is 32.1. The minimum atomic E-state index is -0.192. The van der Waals surface area contributed by atoms with Gasteiger partial charge in [-0.2, -0.15) is 0 Å². The Bertz CT molecular complexity index is 1100. The third-order valence-corrected chi connectivity index (χ3v) is 6.58. The van der Waals surface area contributed by atoms with Crippen LogP contribution >= 0.6 is 11.3 Å². The zero-order valence-electron chi connectivity index (χ0n) is 19.7. The summed E-state index contributed by atoms with van der Waals surface area (Å²) in [5.74, 6) is 0.989. The van der Waals surface area contributed by atoms with Crippen molar-refractivity contribution in [1.82, 2.24) is 25.4 Å². The first-order valence-corrected chi connectivity index (χ1v) is 12.4. The number of carbonyl (C=O) groups is 1. The van der Waals surface area contributed by atoms with Crippen molar-refractivity contribution in [3.63, 3.8) is 0 Å². The SMILES string of the molecule is CC(C)Oc1nnc(Nc2ccc3ncsc3c2)cc1C(=O)NC[C@H]1CCCN(C(C)C)C1. The van der Waals surface area contributed by atoms with Gasteiger partial charge < -0.3 is 20.3 Å². The maximum atomic E-state index is 13.1. The van der Waals surface area contributed by atoms with Gasteiger partial charge in [0.15, 0.2) is 5.82 Å². The Kier molecular flexibility index (Phi) is 7.39. The Hall–Kier alpha value is -2.78. The molecule has 0 unspecified atom stereocenters. The molecule has 0 spiro atoms. The summed E-state index contributed by atoms with van der Waals surface area (Å²) in [7, 11) is 0. The number of thiazole rings is 1. The van der Waals surface area contributed by atoms with E-state index in [1.54, 1.807) is 17.4 Å². The van der Waals surface area contributed by atoms with E-state index in [2.05, 4.69) is 44.6 Å². The smallest absolute Gasteiger partial charge is 0.256 e. The number of aromatic nitrogens is 3. The summed E-state index contributed by atoms with van der Waals surface area (Å²) in [5.41, 5.74) is 4.02. The summed E-state index contributed by atoms with van der Waals surface area (Å²) >= 11 is 1.58. The normalized spacial score (nSPS) is 17.0. The van der Waals surface area contributed by atoms with Crippen LogP contribution in [0.2, 0.25) is 0 Å². The standard InChI is InChI=1S/C24H32N6O2S/c1-15(2)30-9-5-6-17(13-30)12-25-23(31)19-11-22(28-29-24(19)32-16(3)4)27-18-7-8-20-21(10-18)33-14-26-20/h7-8,10-11,14-17H,5-6,9,12-13H2,1-4H3,(H,25,31)(H,27,28)/t17-/m1/s1. The fourth-order valence-corrected chi connectivity index (χ4v) is 4.78. The van der Waals surface area contributed by atoms with Crippen molar-refractivity contribution in [3.8, 4) is 5.88 Å². The lowest BCUT2D eigenvalue weighted by molar-refractivity contribution is 0.0915. The van der Waals surface area contributed by atoms with Crippen LogP contribution in [0.5, 0.6) is 5.88 Å². The largest absolute Gasteiger partial charge is 0.473 e. The van der Waals surface area contributed by atoms with Crippen LogP contribution in [0.3, 0.4) is 0 Å². The first kappa shape index (κ1) is 23.4. The minimum absolute atomic E-state index is 0.115. The summed E-state index contributed by atoms with van der Waals surface area (Å²) < 4.78 is 6.86. The van der Waals surface area contributed by atoms with E-state index in [0.717, 1.165) is 41.8 Å². The van der Waals surface area contributed by atoms with Gasteiger partial charge in [0.1, 0.15) is 5.56 Å². The molecule has 1 aliphatic rings. The van der Waals surface area contributed by atoms with Crippen LogP contribution in [0.4, 0.5) is 11.5 Å². The van der Waals surface area contributed by atoms with E-state index in [1.165, 1.54) is 0 Å². The van der Waals surface area contributed by atoms with Gasteiger partial charge >= 0.3 is 0 Å². The van der Waals surface area contributed by atoms with Crippen LogP contribution in [-0.2, 0) is 0 Å². The Balaban J connectivity index is 1.48. The predicted molar refractivity (Wildman–Crippen MR) is 132 cm³/mol. The van der Waals surface area contributed by atoms with Crippen molar-refractivity contribution in [2.45, 2.75) is 52.7 Å². The molecule has 1 aliphatic heterocycles. The summed E-state index contributed by atoms with van der Waals surface area (Å²) in [5, 5.41) is 14.8. The van der Waals surface area contributed by atoms with E-state index in [4.69, 9.17) is 4.74 Å². The van der Waals surface area contributed by atoms with Crippen LogP contribution in [0.1, 0.15) is 50.9 Å². The molecule has 1 aromatic carbocycles. The summed E-state index contributed by atoms with van der Waals surface area (Å²) in [6.07, 6.45) is 2.17. The second-order valence-corrected chi connectivity index (χ2v) is 9.97. The van der Waals surface area contributed by atoms with Crippen LogP contribution in [0, 0.1) is 5.92 Å². The first-order valence-electron chi connectivity index (χ1n) is 11.6. The van der Waals surface area contributed by atoms with Gasteiger partial charge in [-0.1, -0.05) is 0 Å². The third kappa shape index (κ3) is 5.97. The molecule has 0 saturated carbocycles. The maximum absolute atomic E-state index is 13.1. The number of amides is 1. The number of fused-ring (bicyclic) bond motifs is 1. The number of nitrogens with zero attached hydrogens (tertiary/aromatic N) is 4. The summed E-state index contributed by atoms with van der Waals surface area (Å²) in [6, 6.07) is 8.13. The maximum Gasteiger partial charge on any atom is 0.256 e. The molecule has 1 amide bonds. The van der Waals surface area contributed by atoms with Crippen LogP contribution in [0.25, 0.3) is 10.2 Å². The fraction of sp³-hybridized carbons (Fsp3) is 0.500. The molecule has 33 heavy (non-hydrogen) atoms. The lowest BCUT2D eigenvalue weighted by Gasteiger charge is -2.35. The van der Waals surface area contributed by atoms with E-state index >= 15 is 0 Å². The van der Waals surface area contributed by atoms with Crippen molar-refractivity contribution in [2.24, 2.45) is 5.92 Å². The molecule has 8 nitrogen and oxygen atoms in total. The van der Waals surface area contributed by atoms with Gasteiger partial charge in [-0.3, -0.25) is 4.79 Å². The van der Waals surface area contributed by atoms with E-state index in [9.17, 15) is 4.79 Å². The summed E-state index contributed by atoms with van der Waals surface area (Å²) in [6.45, 7) is 11.0. The Morgan fingerprint density at radius 1 is 1.24 bits per heavy atom. The number of rotatable bonds is 8. The molecule has 176 valence electrons. The Morgan fingerprint density at radius 2 is 2.09 bits per heavy atom. The van der Waals surface area contributed by atoms with Gasteiger partial charge in [0.05, 0.1) is 21.8 Å². The van der Waals surface area contributed by atoms with Crippen LogP contribution < -0.4 is 15.4 Å². The first-order chi connectivity index (χ1) is 15.9. The molecule has 1 saturated heterocycles. The van der Waals surface area contributed by atoms with Crippen molar-refractivity contribution in [1.29, 1.82) is 0 Å². The third-order valence-electron chi connectivity index (χ3n) is 5.79. The van der Waals surface area contributed by atoms with Gasteiger partial charge in [-0.15, -0.1) is 21.5 Å². The Labute approximate surface area is 198 Å². The van der Waals surface area contributed by atoms with E-state index in [-0.39, 0.29) is 17.9 Å². The Morgan fingerprint density at radius 3 is 2.88 bits per heavy atom. The van der Waals surface area contributed by atoms with E-state index < -0.39 is 0 Å². The van der Waals surface area contributed by atoms with E-state index in [1.807, 2.05) is 37.6 Å². The molecule has 0 radical (unpaired) electrons. The average molecular weight is 469 g/mol. The molecule has 4 rings (SSSR count). The highest BCUT2D eigenvalue weighted by Gasteiger charge is 2.23. The molecule has 0 aliphatic carbocycles. The van der Waals surface area contributed by atoms with Gasteiger partial charge in [0.2, 0.25) is 5.88 Å². The highest BCUT2D eigenvalue weighted by molar-refractivity contribution is 7.16. The number of hydrogen-bond donors (Lipinski definition) is 2. The zero-order valence-corrected chi connectivity index (χ0v) is 20.5. The van der Waals surface area contributed by atoms with Crippen molar-refractivity contribution in [3.05, 3.63) is 35.3 Å². The van der Waals surface area contributed by atoms with Gasteiger partial charge in [0.25, 0.3) is 5.91 Å². The average Bonchev–Trinajstić information content (AvgIpc) is 3.26.